The largest absolute Gasteiger partial charge is 0.373 e. The van der Waals surface area contributed by atoms with Crippen LogP contribution in [0.25, 0.3) is 0 Å². The molecule has 0 spiro atoms. The smallest absolute Gasteiger partial charge is 0.255 e. The standard InChI is InChI=1S/C19H20BrFN2O4S/c1-12-10-23(11-13(2)27-12)28(25,26)16-6-3-14(4-7-16)19(24)22-18-8-5-15(20)9-17(18)21/h3-9,12-13H,10-11H2,1-2H3,(H,22,24). The number of anilines is 1. The zero-order chi connectivity index (χ0) is 20.5. The van der Waals surface area contributed by atoms with Crippen molar-refractivity contribution in [3.8, 4) is 0 Å². The highest BCUT2D eigenvalue weighted by molar-refractivity contribution is 9.10. The molecule has 150 valence electrons. The normalized spacial score (nSPS) is 20.7. The lowest BCUT2D eigenvalue weighted by atomic mass is 10.2. The third-order valence-electron chi connectivity index (χ3n) is 4.32. The van der Waals surface area contributed by atoms with Gasteiger partial charge in [0.05, 0.1) is 22.8 Å². The lowest BCUT2D eigenvalue weighted by molar-refractivity contribution is -0.0440. The zero-order valence-corrected chi connectivity index (χ0v) is 17.8. The zero-order valence-electron chi connectivity index (χ0n) is 15.4. The van der Waals surface area contributed by atoms with Crippen LogP contribution in [-0.2, 0) is 14.8 Å². The van der Waals surface area contributed by atoms with E-state index in [4.69, 9.17) is 4.74 Å². The SMILES string of the molecule is CC1CN(S(=O)(=O)c2ccc(C(=O)Nc3ccc(Br)cc3F)cc2)CC(C)O1. The number of morpholine rings is 1. The number of hydrogen-bond donors (Lipinski definition) is 1. The van der Waals surface area contributed by atoms with Crippen molar-refractivity contribution in [2.75, 3.05) is 18.4 Å². The summed E-state index contributed by atoms with van der Waals surface area (Å²) in [7, 11) is -3.68. The Morgan fingerprint density at radius 1 is 1.14 bits per heavy atom. The van der Waals surface area contributed by atoms with Crippen molar-refractivity contribution < 1.29 is 22.3 Å². The third kappa shape index (κ3) is 4.60. The van der Waals surface area contributed by atoms with Crippen LogP contribution in [0.2, 0.25) is 0 Å². The van der Waals surface area contributed by atoms with E-state index in [0.717, 1.165) is 0 Å². The Morgan fingerprint density at radius 3 is 2.32 bits per heavy atom. The second kappa shape index (κ2) is 8.28. The Balaban J connectivity index is 1.76. The summed E-state index contributed by atoms with van der Waals surface area (Å²) < 4.78 is 47.1. The molecule has 0 saturated carbocycles. The molecular weight excluding hydrogens is 451 g/mol. The molecule has 9 heteroatoms. The molecule has 0 aliphatic carbocycles. The Hall–Kier alpha value is -1.81. The van der Waals surface area contributed by atoms with Crippen molar-refractivity contribution in [2.24, 2.45) is 0 Å². The molecule has 1 aliphatic heterocycles. The highest BCUT2D eigenvalue weighted by Gasteiger charge is 2.32. The Morgan fingerprint density at radius 2 is 1.75 bits per heavy atom. The summed E-state index contributed by atoms with van der Waals surface area (Å²) in [4.78, 5) is 12.4. The van der Waals surface area contributed by atoms with Gasteiger partial charge in [-0.05, 0) is 56.3 Å². The third-order valence-corrected chi connectivity index (χ3v) is 6.66. The second-order valence-electron chi connectivity index (χ2n) is 6.68. The van der Waals surface area contributed by atoms with Gasteiger partial charge in [0, 0.05) is 23.1 Å². The number of benzene rings is 2. The van der Waals surface area contributed by atoms with E-state index in [1.165, 1.54) is 40.7 Å². The number of amides is 1. The molecule has 2 atom stereocenters. The summed E-state index contributed by atoms with van der Waals surface area (Å²) in [5, 5.41) is 2.48. The fourth-order valence-electron chi connectivity index (χ4n) is 3.04. The van der Waals surface area contributed by atoms with Crippen molar-refractivity contribution in [1.29, 1.82) is 0 Å². The minimum absolute atomic E-state index is 0.0428. The van der Waals surface area contributed by atoms with Crippen LogP contribution in [-0.4, -0.2) is 43.9 Å². The van der Waals surface area contributed by atoms with Crippen LogP contribution >= 0.6 is 15.9 Å². The van der Waals surface area contributed by atoms with E-state index in [1.807, 2.05) is 13.8 Å². The number of halogens is 2. The van der Waals surface area contributed by atoms with Crippen LogP contribution in [0.1, 0.15) is 24.2 Å². The molecule has 6 nitrogen and oxygen atoms in total. The first-order valence-corrected chi connectivity index (χ1v) is 10.9. The molecule has 2 unspecified atom stereocenters. The topological polar surface area (TPSA) is 75.7 Å². The van der Waals surface area contributed by atoms with Crippen molar-refractivity contribution >= 4 is 37.5 Å². The Labute approximate surface area is 171 Å². The van der Waals surface area contributed by atoms with Crippen LogP contribution in [0.3, 0.4) is 0 Å². The molecule has 3 rings (SSSR count). The molecule has 28 heavy (non-hydrogen) atoms. The summed E-state index contributed by atoms with van der Waals surface area (Å²) in [5.41, 5.74) is 0.270. The van der Waals surface area contributed by atoms with Gasteiger partial charge in [0.25, 0.3) is 5.91 Å². The number of carbonyl (C=O) groups is 1. The van der Waals surface area contributed by atoms with Crippen molar-refractivity contribution in [2.45, 2.75) is 31.0 Å². The molecule has 0 aromatic heterocycles. The van der Waals surface area contributed by atoms with Crippen molar-refractivity contribution in [3.63, 3.8) is 0 Å². The molecule has 1 amide bonds. The van der Waals surface area contributed by atoms with Gasteiger partial charge < -0.3 is 10.1 Å². The highest BCUT2D eigenvalue weighted by Crippen LogP contribution is 2.23. The van der Waals surface area contributed by atoms with Gasteiger partial charge in [-0.15, -0.1) is 0 Å². The lowest BCUT2D eigenvalue weighted by Crippen LogP contribution is -2.48. The number of carbonyl (C=O) groups excluding carboxylic acids is 1. The van der Waals surface area contributed by atoms with Gasteiger partial charge in [0.2, 0.25) is 10.0 Å². The summed E-state index contributed by atoms with van der Waals surface area (Å²) >= 11 is 3.15. The Kier molecular flexibility index (Phi) is 6.18. The average Bonchev–Trinajstić information content (AvgIpc) is 2.63. The second-order valence-corrected chi connectivity index (χ2v) is 9.54. The minimum atomic E-state index is -3.68. The quantitative estimate of drug-likeness (QED) is 0.739. The highest BCUT2D eigenvalue weighted by atomic mass is 79.9. The predicted molar refractivity (Wildman–Crippen MR) is 107 cm³/mol. The maximum absolute atomic E-state index is 13.9. The summed E-state index contributed by atoms with van der Waals surface area (Å²) in [6, 6.07) is 9.88. The molecule has 0 radical (unpaired) electrons. The van der Waals surface area contributed by atoms with Gasteiger partial charge >= 0.3 is 0 Å². The van der Waals surface area contributed by atoms with Crippen LogP contribution in [0.15, 0.2) is 51.8 Å². The summed E-state index contributed by atoms with van der Waals surface area (Å²) in [5.74, 6) is -1.10. The van der Waals surface area contributed by atoms with E-state index in [-0.39, 0.29) is 41.4 Å². The van der Waals surface area contributed by atoms with E-state index in [0.29, 0.717) is 4.47 Å². The fourth-order valence-corrected chi connectivity index (χ4v) is 4.96. The number of hydrogen-bond acceptors (Lipinski definition) is 4. The molecule has 1 fully saturated rings. The number of nitrogens with one attached hydrogen (secondary N) is 1. The van der Waals surface area contributed by atoms with E-state index < -0.39 is 21.7 Å². The first kappa shape index (κ1) is 20.9. The molecule has 1 saturated heterocycles. The van der Waals surface area contributed by atoms with Gasteiger partial charge in [-0.1, -0.05) is 15.9 Å². The van der Waals surface area contributed by atoms with Gasteiger partial charge in [0.1, 0.15) is 5.82 Å². The van der Waals surface area contributed by atoms with Crippen LogP contribution in [0.5, 0.6) is 0 Å². The van der Waals surface area contributed by atoms with Crippen molar-refractivity contribution in [1.82, 2.24) is 4.31 Å². The predicted octanol–water partition coefficient (Wildman–Crippen LogP) is 3.64. The molecule has 2 aromatic carbocycles. The van der Waals surface area contributed by atoms with E-state index in [2.05, 4.69) is 21.2 Å². The molecule has 1 aliphatic rings. The maximum Gasteiger partial charge on any atom is 0.255 e. The first-order valence-electron chi connectivity index (χ1n) is 8.69. The number of nitrogens with zero attached hydrogens (tertiary/aromatic N) is 1. The maximum atomic E-state index is 13.9. The average molecular weight is 471 g/mol. The van der Waals surface area contributed by atoms with E-state index in [1.54, 1.807) is 6.07 Å². The summed E-state index contributed by atoms with van der Waals surface area (Å²) in [6.07, 6.45) is -0.381. The van der Waals surface area contributed by atoms with E-state index >= 15 is 0 Å². The molecule has 2 aromatic rings. The minimum Gasteiger partial charge on any atom is -0.373 e. The van der Waals surface area contributed by atoms with Gasteiger partial charge in [0.15, 0.2) is 0 Å². The fraction of sp³-hybridized carbons (Fsp3) is 0.316. The summed E-state index contributed by atoms with van der Waals surface area (Å²) in [6.45, 7) is 4.20. The number of sulfonamides is 1. The van der Waals surface area contributed by atoms with E-state index in [9.17, 15) is 17.6 Å². The monoisotopic (exact) mass is 470 g/mol. The van der Waals surface area contributed by atoms with Gasteiger partial charge in [-0.3, -0.25) is 4.79 Å². The molecule has 1 N–H and O–H groups in total. The van der Waals surface area contributed by atoms with Gasteiger partial charge in [-0.2, -0.15) is 4.31 Å². The molecular formula is C19H20BrFN2O4S. The van der Waals surface area contributed by atoms with Crippen LogP contribution in [0, 0.1) is 5.82 Å². The number of ether oxygens (including phenoxy) is 1. The Bertz CT molecular complexity index is 972. The first-order chi connectivity index (χ1) is 13.2. The van der Waals surface area contributed by atoms with Crippen LogP contribution < -0.4 is 5.32 Å². The lowest BCUT2D eigenvalue weighted by Gasteiger charge is -2.34. The van der Waals surface area contributed by atoms with Gasteiger partial charge in [-0.25, -0.2) is 12.8 Å². The van der Waals surface area contributed by atoms with Crippen LogP contribution in [0.4, 0.5) is 10.1 Å². The number of rotatable bonds is 4. The molecule has 1 heterocycles. The molecule has 0 bridgehead atoms. The van der Waals surface area contributed by atoms with Crippen molar-refractivity contribution in [3.05, 3.63) is 58.3 Å².